The van der Waals surface area contributed by atoms with Crippen molar-refractivity contribution in [1.29, 1.82) is 0 Å². The lowest BCUT2D eigenvalue weighted by atomic mass is 10.1. The summed E-state index contributed by atoms with van der Waals surface area (Å²) in [7, 11) is -3.97. The van der Waals surface area contributed by atoms with Gasteiger partial charge in [0.2, 0.25) is 0 Å². The molecule has 0 aliphatic carbocycles. The molecule has 1 aliphatic heterocycles. The minimum absolute atomic E-state index is 0.0769. The van der Waals surface area contributed by atoms with Gasteiger partial charge in [-0.1, -0.05) is 0 Å². The zero-order valence-corrected chi connectivity index (χ0v) is 6.92. The molecule has 0 aromatic carbocycles. The van der Waals surface area contributed by atoms with Gasteiger partial charge in [-0.25, -0.2) is 0 Å². The highest BCUT2D eigenvalue weighted by Gasteiger charge is 2.24. The van der Waals surface area contributed by atoms with Crippen LogP contribution in [0.3, 0.4) is 0 Å². The molecule has 0 saturated carbocycles. The topological polar surface area (TPSA) is 83.6 Å². The van der Waals surface area contributed by atoms with E-state index in [2.05, 4.69) is 0 Å². The van der Waals surface area contributed by atoms with Crippen molar-refractivity contribution >= 4 is 10.3 Å². The Morgan fingerprint density at radius 2 is 1.82 bits per heavy atom. The van der Waals surface area contributed by atoms with E-state index in [-0.39, 0.29) is 6.04 Å². The summed E-state index contributed by atoms with van der Waals surface area (Å²) in [5.41, 5.74) is 5.54. The highest BCUT2D eigenvalue weighted by molar-refractivity contribution is 7.83. The van der Waals surface area contributed by atoms with E-state index < -0.39 is 10.3 Å². The molecule has 6 heteroatoms. The van der Waals surface area contributed by atoms with Crippen molar-refractivity contribution in [2.75, 3.05) is 13.1 Å². The molecule has 1 fully saturated rings. The molecule has 1 saturated heterocycles. The number of nitrogens with two attached hydrogens (primary N) is 1. The summed E-state index contributed by atoms with van der Waals surface area (Å²) in [6, 6.07) is 0.0769. The van der Waals surface area contributed by atoms with Gasteiger partial charge in [0.15, 0.2) is 0 Å². The van der Waals surface area contributed by atoms with Crippen LogP contribution in [-0.2, 0) is 10.3 Å². The molecule has 66 valence electrons. The predicted octanol–water partition coefficient (Wildman–Crippen LogP) is -0.788. The van der Waals surface area contributed by atoms with Crippen molar-refractivity contribution in [3.63, 3.8) is 0 Å². The van der Waals surface area contributed by atoms with E-state index in [1.165, 1.54) is 0 Å². The van der Waals surface area contributed by atoms with Crippen molar-refractivity contribution < 1.29 is 13.0 Å². The molecule has 11 heavy (non-hydrogen) atoms. The molecule has 0 radical (unpaired) electrons. The van der Waals surface area contributed by atoms with Gasteiger partial charge >= 0.3 is 10.3 Å². The van der Waals surface area contributed by atoms with Gasteiger partial charge in [-0.05, 0) is 12.8 Å². The Balaban J connectivity index is 2.53. The van der Waals surface area contributed by atoms with Crippen molar-refractivity contribution in [3.05, 3.63) is 0 Å². The van der Waals surface area contributed by atoms with Crippen LogP contribution in [-0.4, -0.2) is 36.4 Å². The maximum Gasteiger partial charge on any atom is 0.335 e. The van der Waals surface area contributed by atoms with Crippen LogP contribution in [0.5, 0.6) is 0 Å². The third kappa shape index (κ3) is 2.41. The molecular formula is C5H12N2O3S. The van der Waals surface area contributed by atoms with Crippen LogP contribution < -0.4 is 5.73 Å². The summed E-state index contributed by atoms with van der Waals surface area (Å²) in [4.78, 5) is 0. The molecule has 1 aliphatic rings. The van der Waals surface area contributed by atoms with Crippen LogP contribution in [0.2, 0.25) is 0 Å². The highest BCUT2D eigenvalue weighted by atomic mass is 32.2. The molecule has 0 bridgehead atoms. The van der Waals surface area contributed by atoms with Gasteiger partial charge in [-0.3, -0.25) is 4.55 Å². The van der Waals surface area contributed by atoms with E-state index >= 15 is 0 Å². The van der Waals surface area contributed by atoms with Gasteiger partial charge < -0.3 is 5.73 Å². The molecular weight excluding hydrogens is 168 g/mol. The number of hydrogen-bond acceptors (Lipinski definition) is 3. The monoisotopic (exact) mass is 180 g/mol. The Kier molecular flexibility index (Phi) is 2.48. The van der Waals surface area contributed by atoms with Gasteiger partial charge in [-0.15, -0.1) is 0 Å². The number of nitrogens with zero attached hydrogens (tertiary/aromatic N) is 1. The molecule has 3 N–H and O–H groups in total. The largest absolute Gasteiger partial charge is 0.335 e. The molecule has 1 heterocycles. The summed E-state index contributed by atoms with van der Waals surface area (Å²) in [6.45, 7) is 0.667. The van der Waals surface area contributed by atoms with Crippen LogP contribution >= 0.6 is 0 Å². The average molecular weight is 180 g/mol. The van der Waals surface area contributed by atoms with Crippen molar-refractivity contribution in [2.24, 2.45) is 5.73 Å². The van der Waals surface area contributed by atoms with Gasteiger partial charge in [0, 0.05) is 19.1 Å². The van der Waals surface area contributed by atoms with Crippen molar-refractivity contribution in [3.8, 4) is 0 Å². The summed E-state index contributed by atoms with van der Waals surface area (Å²) >= 11 is 0. The molecule has 0 unspecified atom stereocenters. The Morgan fingerprint density at radius 1 is 1.36 bits per heavy atom. The zero-order valence-electron chi connectivity index (χ0n) is 6.10. The second-order valence-corrected chi connectivity index (χ2v) is 4.13. The maximum absolute atomic E-state index is 10.5. The first kappa shape index (κ1) is 8.92. The Bertz CT molecular complexity index is 218. The molecule has 1 rings (SSSR count). The standard InChI is InChI=1S/C5H12N2O3S/c6-5-1-3-7(4-2-5)11(8,9)10/h5H,1-4,6H2,(H,8,9,10). The quantitative estimate of drug-likeness (QED) is 0.518. The molecule has 0 spiro atoms. The minimum Gasteiger partial charge on any atom is -0.328 e. The third-order valence-electron chi connectivity index (χ3n) is 1.82. The van der Waals surface area contributed by atoms with E-state index in [9.17, 15) is 8.42 Å². The van der Waals surface area contributed by atoms with Crippen LogP contribution in [0.1, 0.15) is 12.8 Å². The molecule has 0 aromatic heterocycles. The molecule has 5 nitrogen and oxygen atoms in total. The van der Waals surface area contributed by atoms with Crippen LogP contribution in [0.15, 0.2) is 0 Å². The van der Waals surface area contributed by atoms with Crippen LogP contribution in [0.25, 0.3) is 0 Å². The molecule has 0 amide bonds. The second kappa shape index (κ2) is 3.06. The third-order valence-corrected chi connectivity index (χ3v) is 2.84. The maximum atomic E-state index is 10.5. The van der Waals surface area contributed by atoms with E-state index in [0.29, 0.717) is 25.9 Å². The average Bonchev–Trinajstić information content (AvgIpc) is 1.86. The normalized spacial score (nSPS) is 23.8. The summed E-state index contributed by atoms with van der Waals surface area (Å²) in [5.74, 6) is 0. The van der Waals surface area contributed by atoms with Gasteiger partial charge in [0.25, 0.3) is 0 Å². The van der Waals surface area contributed by atoms with E-state index in [0.717, 1.165) is 4.31 Å². The number of rotatable bonds is 1. The first-order valence-corrected chi connectivity index (χ1v) is 4.88. The van der Waals surface area contributed by atoms with Crippen molar-refractivity contribution in [1.82, 2.24) is 4.31 Å². The van der Waals surface area contributed by atoms with E-state index in [1.807, 2.05) is 0 Å². The lowest BCUT2D eigenvalue weighted by Gasteiger charge is -2.26. The van der Waals surface area contributed by atoms with Crippen LogP contribution in [0.4, 0.5) is 0 Å². The number of hydrogen-bond donors (Lipinski definition) is 2. The fourth-order valence-electron chi connectivity index (χ4n) is 1.11. The van der Waals surface area contributed by atoms with Crippen LogP contribution in [0, 0.1) is 0 Å². The Morgan fingerprint density at radius 3 is 2.18 bits per heavy atom. The van der Waals surface area contributed by atoms with E-state index in [4.69, 9.17) is 10.3 Å². The SMILES string of the molecule is NC1CCN(S(=O)(=O)O)CC1. The summed E-state index contributed by atoms with van der Waals surface area (Å²) in [5, 5.41) is 0. The summed E-state index contributed by atoms with van der Waals surface area (Å²) in [6.07, 6.45) is 1.25. The van der Waals surface area contributed by atoms with Crippen molar-refractivity contribution in [2.45, 2.75) is 18.9 Å². The highest BCUT2D eigenvalue weighted by Crippen LogP contribution is 2.10. The lowest BCUT2D eigenvalue weighted by molar-refractivity contribution is 0.290. The fraction of sp³-hybridized carbons (Fsp3) is 1.00. The Labute approximate surface area is 66.1 Å². The smallest absolute Gasteiger partial charge is 0.328 e. The Hall–Kier alpha value is -0.170. The zero-order chi connectivity index (χ0) is 8.48. The van der Waals surface area contributed by atoms with Gasteiger partial charge in [0.1, 0.15) is 0 Å². The first-order chi connectivity index (χ1) is 5.00. The second-order valence-electron chi connectivity index (χ2n) is 2.71. The van der Waals surface area contributed by atoms with Gasteiger partial charge in [-0.2, -0.15) is 12.7 Å². The minimum atomic E-state index is -3.97. The molecule has 0 atom stereocenters. The first-order valence-electron chi connectivity index (χ1n) is 3.48. The number of piperidine rings is 1. The molecule has 0 aromatic rings. The van der Waals surface area contributed by atoms with E-state index in [1.54, 1.807) is 0 Å². The van der Waals surface area contributed by atoms with Gasteiger partial charge in [0.05, 0.1) is 0 Å². The predicted molar refractivity (Wildman–Crippen MR) is 40.3 cm³/mol. The summed E-state index contributed by atoms with van der Waals surface area (Å²) < 4.78 is 30.7. The lowest BCUT2D eigenvalue weighted by Crippen LogP contribution is -2.42. The fourth-order valence-corrected chi connectivity index (χ4v) is 1.78.